The number of aromatic nitrogens is 1. The van der Waals surface area contributed by atoms with Crippen LogP contribution in [-0.2, 0) is 11.0 Å². The topological polar surface area (TPSA) is 42.0 Å². The van der Waals surface area contributed by atoms with Crippen LogP contribution in [0.2, 0.25) is 5.02 Å². The first-order chi connectivity index (χ1) is 12.3. The molecule has 2 aromatic carbocycles. The monoisotopic (exact) mass is 396 g/mol. The predicted octanol–water partition coefficient (Wildman–Crippen LogP) is 5.64. The summed E-state index contributed by atoms with van der Waals surface area (Å²) >= 11 is 7.09. The van der Waals surface area contributed by atoms with Crippen LogP contribution >= 0.6 is 23.4 Å². The molecular formula is C18H12ClF3N2OS. The van der Waals surface area contributed by atoms with Crippen molar-refractivity contribution >= 4 is 45.9 Å². The van der Waals surface area contributed by atoms with Gasteiger partial charge in [0, 0.05) is 11.1 Å². The number of rotatable bonds is 4. The van der Waals surface area contributed by atoms with Gasteiger partial charge in [-0.15, -0.1) is 11.8 Å². The average molecular weight is 397 g/mol. The van der Waals surface area contributed by atoms with Gasteiger partial charge in [-0.25, -0.2) is 4.98 Å². The maximum atomic E-state index is 12.6. The second-order valence-corrected chi connectivity index (χ2v) is 6.85. The van der Waals surface area contributed by atoms with Crippen molar-refractivity contribution in [2.75, 3.05) is 11.1 Å². The maximum absolute atomic E-state index is 12.6. The lowest BCUT2D eigenvalue weighted by Crippen LogP contribution is -2.16. The Hall–Kier alpha value is -2.25. The van der Waals surface area contributed by atoms with Crippen molar-refractivity contribution in [3.05, 3.63) is 65.3 Å². The number of hydrogen-bond acceptors (Lipinski definition) is 3. The normalized spacial score (nSPS) is 11.5. The Morgan fingerprint density at radius 2 is 1.85 bits per heavy atom. The lowest BCUT2D eigenvalue weighted by atomic mass is 10.1. The molecule has 0 fully saturated rings. The second-order valence-electron chi connectivity index (χ2n) is 5.40. The molecule has 8 heteroatoms. The molecule has 3 nitrogen and oxygen atoms in total. The van der Waals surface area contributed by atoms with Crippen molar-refractivity contribution in [2.24, 2.45) is 0 Å². The minimum absolute atomic E-state index is 0.0807. The Bertz CT molecular complexity index is 963. The largest absolute Gasteiger partial charge is 0.417 e. The SMILES string of the molecule is O=C(CSc1ccc2ccccc2c1)Nc1ncc(C(F)(F)F)cc1Cl. The van der Waals surface area contributed by atoms with Crippen molar-refractivity contribution < 1.29 is 18.0 Å². The highest BCUT2D eigenvalue weighted by atomic mass is 35.5. The predicted molar refractivity (Wildman–Crippen MR) is 97.6 cm³/mol. The van der Waals surface area contributed by atoms with E-state index in [1.165, 1.54) is 11.8 Å². The Morgan fingerprint density at radius 1 is 1.12 bits per heavy atom. The molecule has 0 saturated heterocycles. The Balaban J connectivity index is 1.63. The number of carbonyl (C=O) groups excluding carboxylic acids is 1. The molecule has 26 heavy (non-hydrogen) atoms. The molecular weight excluding hydrogens is 385 g/mol. The van der Waals surface area contributed by atoms with E-state index < -0.39 is 17.6 Å². The molecule has 0 spiro atoms. The number of carbonyl (C=O) groups is 1. The van der Waals surface area contributed by atoms with Crippen molar-refractivity contribution in [1.82, 2.24) is 4.98 Å². The maximum Gasteiger partial charge on any atom is 0.417 e. The van der Waals surface area contributed by atoms with Gasteiger partial charge in [0.15, 0.2) is 5.82 Å². The van der Waals surface area contributed by atoms with Crippen LogP contribution in [0.25, 0.3) is 10.8 Å². The number of thioether (sulfide) groups is 1. The van der Waals surface area contributed by atoms with Crippen LogP contribution in [0.15, 0.2) is 59.6 Å². The highest BCUT2D eigenvalue weighted by molar-refractivity contribution is 8.00. The number of pyridine rings is 1. The zero-order chi connectivity index (χ0) is 18.7. The minimum atomic E-state index is -4.54. The van der Waals surface area contributed by atoms with E-state index in [0.29, 0.717) is 6.20 Å². The van der Waals surface area contributed by atoms with Crippen LogP contribution < -0.4 is 5.32 Å². The third-order valence-electron chi connectivity index (χ3n) is 3.52. The highest BCUT2D eigenvalue weighted by Crippen LogP contribution is 2.32. The van der Waals surface area contributed by atoms with E-state index in [1.54, 1.807) is 0 Å². The summed E-state index contributed by atoms with van der Waals surface area (Å²) in [6.07, 6.45) is -3.90. The van der Waals surface area contributed by atoms with Crippen molar-refractivity contribution in [1.29, 1.82) is 0 Å². The van der Waals surface area contributed by atoms with Gasteiger partial charge in [0.2, 0.25) is 5.91 Å². The van der Waals surface area contributed by atoms with Gasteiger partial charge < -0.3 is 5.32 Å². The Morgan fingerprint density at radius 3 is 2.54 bits per heavy atom. The Kier molecular flexibility index (Phi) is 5.38. The lowest BCUT2D eigenvalue weighted by Gasteiger charge is -2.10. The van der Waals surface area contributed by atoms with Gasteiger partial charge in [-0.3, -0.25) is 4.79 Å². The molecule has 0 unspecified atom stereocenters. The number of nitrogens with zero attached hydrogens (tertiary/aromatic N) is 1. The van der Waals surface area contributed by atoms with E-state index in [4.69, 9.17) is 11.6 Å². The summed E-state index contributed by atoms with van der Waals surface area (Å²) in [4.78, 5) is 16.5. The van der Waals surface area contributed by atoms with E-state index in [0.717, 1.165) is 21.7 Å². The van der Waals surface area contributed by atoms with Gasteiger partial charge in [0.05, 0.1) is 16.3 Å². The zero-order valence-corrected chi connectivity index (χ0v) is 14.8. The molecule has 1 aromatic heterocycles. The molecule has 0 saturated carbocycles. The minimum Gasteiger partial charge on any atom is -0.309 e. The number of halogens is 4. The van der Waals surface area contributed by atoms with Crippen LogP contribution in [-0.4, -0.2) is 16.6 Å². The fourth-order valence-corrected chi connectivity index (χ4v) is 3.22. The molecule has 3 rings (SSSR count). The van der Waals surface area contributed by atoms with E-state index in [1.807, 2.05) is 42.5 Å². The standard InChI is InChI=1S/C18H12ClF3N2OS/c19-15-8-13(18(20,21)22)9-23-17(15)24-16(25)10-26-14-6-5-11-3-1-2-4-12(11)7-14/h1-9H,10H2,(H,23,24,25). The van der Waals surface area contributed by atoms with Crippen molar-refractivity contribution in [3.63, 3.8) is 0 Å². The first-order valence-corrected chi connectivity index (χ1v) is 8.83. The van der Waals surface area contributed by atoms with Crippen LogP contribution in [0.1, 0.15) is 5.56 Å². The zero-order valence-electron chi connectivity index (χ0n) is 13.2. The second kappa shape index (κ2) is 7.55. The van der Waals surface area contributed by atoms with Gasteiger partial charge in [-0.05, 0) is 29.0 Å². The number of anilines is 1. The first kappa shape index (κ1) is 18.5. The highest BCUT2D eigenvalue weighted by Gasteiger charge is 2.31. The van der Waals surface area contributed by atoms with Crippen LogP contribution in [0.4, 0.5) is 19.0 Å². The molecule has 3 aromatic rings. The van der Waals surface area contributed by atoms with E-state index in [9.17, 15) is 18.0 Å². The van der Waals surface area contributed by atoms with Gasteiger partial charge in [0.1, 0.15) is 0 Å². The third kappa shape index (κ3) is 4.47. The smallest absolute Gasteiger partial charge is 0.309 e. The molecule has 0 aliphatic rings. The fraction of sp³-hybridized carbons (Fsp3) is 0.111. The number of fused-ring (bicyclic) bond motifs is 1. The molecule has 0 aliphatic heterocycles. The quantitative estimate of drug-likeness (QED) is 0.580. The Labute approximate surface area is 156 Å². The van der Waals surface area contributed by atoms with Crippen LogP contribution in [0, 0.1) is 0 Å². The van der Waals surface area contributed by atoms with Gasteiger partial charge in [-0.2, -0.15) is 13.2 Å². The molecule has 1 amide bonds. The van der Waals surface area contributed by atoms with Crippen molar-refractivity contribution in [3.8, 4) is 0 Å². The summed E-state index contributed by atoms with van der Waals surface area (Å²) in [6, 6.07) is 14.4. The molecule has 0 bridgehead atoms. The van der Waals surface area contributed by atoms with Crippen molar-refractivity contribution in [2.45, 2.75) is 11.1 Å². The van der Waals surface area contributed by atoms with Gasteiger partial charge in [0.25, 0.3) is 0 Å². The van der Waals surface area contributed by atoms with E-state index >= 15 is 0 Å². The molecule has 1 heterocycles. The molecule has 0 atom stereocenters. The third-order valence-corrected chi connectivity index (χ3v) is 4.80. The van der Waals surface area contributed by atoms with E-state index in [2.05, 4.69) is 10.3 Å². The summed E-state index contributed by atoms with van der Waals surface area (Å²) < 4.78 is 37.8. The van der Waals surface area contributed by atoms with Crippen LogP contribution in [0.3, 0.4) is 0 Å². The molecule has 1 N–H and O–H groups in total. The average Bonchev–Trinajstić information content (AvgIpc) is 2.60. The summed E-state index contributed by atoms with van der Waals surface area (Å²) in [5, 5.41) is 4.33. The molecule has 0 radical (unpaired) electrons. The number of hydrogen-bond donors (Lipinski definition) is 1. The number of amides is 1. The molecule has 134 valence electrons. The van der Waals surface area contributed by atoms with E-state index in [-0.39, 0.29) is 16.6 Å². The summed E-state index contributed by atoms with van der Waals surface area (Å²) in [5.41, 5.74) is -0.967. The van der Waals surface area contributed by atoms with Gasteiger partial charge in [-0.1, -0.05) is 41.9 Å². The lowest BCUT2D eigenvalue weighted by molar-refractivity contribution is -0.137. The van der Waals surface area contributed by atoms with Gasteiger partial charge >= 0.3 is 6.18 Å². The summed E-state index contributed by atoms with van der Waals surface area (Å²) in [7, 11) is 0. The van der Waals surface area contributed by atoms with Crippen LogP contribution in [0.5, 0.6) is 0 Å². The fourth-order valence-electron chi connectivity index (χ4n) is 2.26. The number of benzene rings is 2. The summed E-state index contributed by atoms with van der Waals surface area (Å²) in [6.45, 7) is 0. The number of alkyl halides is 3. The number of nitrogens with one attached hydrogen (secondary N) is 1. The first-order valence-electron chi connectivity index (χ1n) is 7.47. The molecule has 0 aliphatic carbocycles. The summed E-state index contributed by atoms with van der Waals surface area (Å²) in [5.74, 6) is -0.418.